The van der Waals surface area contributed by atoms with Crippen molar-refractivity contribution in [3.8, 4) is 5.75 Å². The lowest BCUT2D eigenvalue weighted by Crippen LogP contribution is -2.30. The molecule has 0 fully saturated rings. The molecular formula is C14H11Cl2NO4S. The molecule has 0 atom stereocenters. The van der Waals surface area contributed by atoms with E-state index in [0.717, 1.165) is 0 Å². The van der Waals surface area contributed by atoms with Gasteiger partial charge in [0, 0.05) is 5.02 Å². The van der Waals surface area contributed by atoms with Gasteiger partial charge in [0.2, 0.25) is 0 Å². The zero-order valence-electron chi connectivity index (χ0n) is 11.3. The van der Waals surface area contributed by atoms with Crippen LogP contribution < -0.4 is 9.46 Å². The molecule has 0 saturated carbocycles. The van der Waals surface area contributed by atoms with Crippen LogP contribution in [0.15, 0.2) is 47.4 Å². The second-order valence-corrected chi connectivity index (χ2v) is 6.76. The van der Waals surface area contributed by atoms with Gasteiger partial charge in [-0.2, -0.15) is 0 Å². The van der Waals surface area contributed by atoms with Crippen molar-refractivity contribution in [1.82, 2.24) is 4.72 Å². The minimum atomic E-state index is -4.00. The van der Waals surface area contributed by atoms with Gasteiger partial charge in [-0.15, -0.1) is 0 Å². The summed E-state index contributed by atoms with van der Waals surface area (Å²) in [5.41, 5.74) is 0.0278. The molecule has 0 aliphatic carbocycles. The highest BCUT2D eigenvalue weighted by Gasteiger charge is 2.20. The summed E-state index contributed by atoms with van der Waals surface area (Å²) in [6.45, 7) is 0. The summed E-state index contributed by atoms with van der Waals surface area (Å²) in [6, 6.07) is 9.75. The molecule has 0 radical (unpaired) electrons. The Kier molecular flexibility index (Phi) is 4.95. The Bertz CT molecular complexity index is 804. The smallest absolute Gasteiger partial charge is 0.266 e. The van der Waals surface area contributed by atoms with E-state index in [2.05, 4.69) is 0 Å². The molecule has 0 aliphatic rings. The zero-order chi connectivity index (χ0) is 16.3. The fourth-order valence-electron chi connectivity index (χ4n) is 1.66. The monoisotopic (exact) mass is 359 g/mol. The molecule has 2 rings (SSSR count). The number of halogens is 2. The van der Waals surface area contributed by atoms with Crippen LogP contribution in [0.5, 0.6) is 5.75 Å². The second-order valence-electron chi connectivity index (χ2n) is 4.23. The lowest BCUT2D eigenvalue weighted by atomic mass is 10.2. The van der Waals surface area contributed by atoms with Crippen LogP contribution in [0.2, 0.25) is 10.0 Å². The number of hydrogen-bond donors (Lipinski definition) is 1. The van der Waals surface area contributed by atoms with Crippen molar-refractivity contribution in [2.45, 2.75) is 4.90 Å². The minimum absolute atomic E-state index is 0.0278. The molecule has 1 N–H and O–H groups in total. The van der Waals surface area contributed by atoms with Gasteiger partial charge in [0.15, 0.2) is 0 Å². The van der Waals surface area contributed by atoms with Gasteiger partial charge in [-0.1, -0.05) is 23.2 Å². The van der Waals surface area contributed by atoms with Gasteiger partial charge < -0.3 is 4.74 Å². The Balaban J connectivity index is 2.26. The Labute approximate surface area is 137 Å². The number of carbonyl (C=O) groups is 1. The number of benzene rings is 2. The van der Waals surface area contributed by atoms with Gasteiger partial charge in [-0.05, 0) is 42.5 Å². The van der Waals surface area contributed by atoms with Gasteiger partial charge >= 0.3 is 0 Å². The van der Waals surface area contributed by atoms with E-state index < -0.39 is 15.9 Å². The summed E-state index contributed by atoms with van der Waals surface area (Å²) in [6.07, 6.45) is 0. The number of ether oxygens (including phenoxy) is 1. The molecular weight excluding hydrogens is 349 g/mol. The SMILES string of the molecule is COc1ccc(C(=O)NS(=O)(=O)c2ccc(Cl)cc2)c(Cl)c1. The maximum absolute atomic E-state index is 12.1. The highest BCUT2D eigenvalue weighted by molar-refractivity contribution is 7.90. The lowest BCUT2D eigenvalue weighted by Gasteiger charge is -2.09. The Morgan fingerprint density at radius 1 is 1.09 bits per heavy atom. The Morgan fingerprint density at radius 3 is 2.27 bits per heavy atom. The lowest BCUT2D eigenvalue weighted by molar-refractivity contribution is 0.0981. The van der Waals surface area contributed by atoms with Gasteiger partial charge in [-0.25, -0.2) is 13.1 Å². The summed E-state index contributed by atoms with van der Waals surface area (Å²) in [5, 5.41) is 0.478. The van der Waals surface area contributed by atoms with E-state index >= 15 is 0 Å². The van der Waals surface area contributed by atoms with Crippen molar-refractivity contribution >= 4 is 39.1 Å². The van der Waals surface area contributed by atoms with Crippen LogP contribution in [0, 0.1) is 0 Å². The molecule has 116 valence electrons. The first-order valence-corrected chi connectivity index (χ1v) is 8.23. The quantitative estimate of drug-likeness (QED) is 0.909. The van der Waals surface area contributed by atoms with Crippen LogP contribution in [0.25, 0.3) is 0 Å². The third-order valence-electron chi connectivity index (χ3n) is 2.77. The number of hydrogen-bond acceptors (Lipinski definition) is 4. The molecule has 0 aromatic heterocycles. The van der Waals surface area contributed by atoms with Crippen LogP contribution >= 0.6 is 23.2 Å². The molecule has 0 spiro atoms. The van der Waals surface area contributed by atoms with Crippen LogP contribution in [0.4, 0.5) is 0 Å². The molecule has 0 bridgehead atoms. The molecule has 2 aromatic carbocycles. The third kappa shape index (κ3) is 3.71. The third-order valence-corrected chi connectivity index (χ3v) is 4.68. The fourth-order valence-corrected chi connectivity index (χ4v) is 3.01. The first kappa shape index (κ1) is 16.6. The second kappa shape index (κ2) is 6.56. The first-order chi connectivity index (χ1) is 10.3. The predicted molar refractivity (Wildman–Crippen MR) is 84.1 cm³/mol. The predicted octanol–water partition coefficient (Wildman–Crippen LogP) is 3.12. The molecule has 0 saturated heterocycles. The Hall–Kier alpha value is -1.76. The van der Waals surface area contributed by atoms with E-state index in [1.165, 1.54) is 49.6 Å². The summed E-state index contributed by atoms with van der Waals surface area (Å²) >= 11 is 11.6. The summed E-state index contributed by atoms with van der Waals surface area (Å²) in [4.78, 5) is 12.0. The molecule has 0 aliphatic heterocycles. The van der Waals surface area contributed by atoms with Crippen molar-refractivity contribution in [2.75, 3.05) is 7.11 Å². The van der Waals surface area contributed by atoms with Crippen molar-refractivity contribution in [3.63, 3.8) is 0 Å². The van der Waals surface area contributed by atoms with E-state index in [1.54, 1.807) is 0 Å². The highest BCUT2D eigenvalue weighted by Crippen LogP contribution is 2.23. The van der Waals surface area contributed by atoms with E-state index in [0.29, 0.717) is 10.8 Å². The highest BCUT2D eigenvalue weighted by atomic mass is 35.5. The molecule has 0 unspecified atom stereocenters. The van der Waals surface area contributed by atoms with E-state index in [-0.39, 0.29) is 15.5 Å². The van der Waals surface area contributed by atoms with Crippen LogP contribution in [-0.4, -0.2) is 21.4 Å². The van der Waals surface area contributed by atoms with Crippen molar-refractivity contribution in [3.05, 3.63) is 58.1 Å². The molecule has 2 aromatic rings. The van der Waals surface area contributed by atoms with Gasteiger partial charge in [-0.3, -0.25) is 4.79 Å². The van der Waals surface area contributed by atoms with Gasteiger partial charge in [0.25, 0.3) is 15.9 Å². The fraction of sp³-hybridized carbons (Fsp3) is 0.0714. The number of amides is 1. The number of methoxy groups -OCH3 is 1. The maximum atomic E-state index is 12.1. The van der Waals surface area contributed by atoms with Crippen molar-refractivity contribution in [2.24, 2.45) is 0 Å². The summed E-state index contributed by atoms with van der Waals surface area (Å²) in [7, 11) is -2.55. The summed E-state index contributed by atoms with van der Waals surface area (Å²) in [5.74, 6) is -0.371. The first-order valence-electron chi connectivity index (χ1n) is 6.00. The minimum Gasteiger partial charge on any atom is -0.497 e. The number of sulfonamides is 1. The largest absolute Gasteiger partial charge is 0.497 e. The zero-order valence-corrected chi connectivity index (χ0v) is 13.7. The molecule has 0 heterocycles. The van der Waals surface area contributed by atoms with E-state index in [9.17, 15) is 13.2 Å². The van der Waals surface area contributed by atoms with Crippen molar-refractivity contribution < 1.29 is 17.9 Å². The Morgan fingerprint density at radius 2 is 1.73 bits per heavy atom. The summed E-state index contributed by atoms with van der Waals surface area (Å²) < 4.78 is 31.2. The maximum Gasteiger partial charge on any atom is 0.266 e. The van der Waals surface area contributed by atoms with Gasteiger partial charge in [0.05, 0.1) is 22.6 Å². The molecule has 22 heavy (non-hydrogen) atoms. The molecule has 1 amide bonds. The number of carbonyl (C=O) groups excluding carboxylic acids is 1. The average Bonchev–Trinajstić information content (AvgIpc) is 2.46. The van der Waals surface area contributed by atoms with Crippen LogP contribution in [-0.2, 0) is 10.0 Å². The van der Waals surface area contributed by atoms with Crippen LogP contribution in [0.3, 0.4) is 0 Å². The van der Waals surface area contributed by atoms with Gasteiger partial charge in [0.1, 0.15) is 5.75 Å². The van der Waals surface area contributed by atoms with E-state index in [1.807, 2.05) is 4.72 Å². The molecule has 5 nitrogen and oxygen atoms in total. The van der Waals surface area contributed by atoms with E-state index in [4.69, 9.17) is 27.9 Å². The molecule has 8 heteroatoms. The standard InChI is InChI=1S/C14H11Cl2NO4S/c1-21-10-4-7-12(13(16)8-10)14(18)17-22(19,20)11-5-2-9(15)3-6-11/h2-8H,1H3,(H,17,18). The van der Waals surface area contributed by atoms with Crippen LogP contribution in [0.1, 0.15) is 10.4 Å². The normalized spacial score (nSPS) is 11.0. The topological polar surface area (TPSA) is 72.5 Å². The average molecular weight is 360 g/mol. The van der Waals surface area contributed by atoms with Crippen molar-refractivity contribution in [1.29, 1.82) is 0 Å². The number of nitrogens with one attached hydrogen (secondary N) is 1. The number of rotatable bonds is 4.